The standard InChI is InChI=1S/C16H21NO.BrH/c18-15-6-3-5-12-11(15)10-14-13-4-1-2-7-16(12,13)8-9-17-14;/h3,5-6,13-14,17-18H,1-2,4,7-10H2;1H/t13-,14+,16-;/m0./s1. The minimum atomic E-state index is 0. The van der Waals surface area contributed by atoms with Gasteiger partial charge >= 0.3 is 0 Å². The molecule has 2 nitrogen and oxygen atoms in total. The van der Waals surface area contributed by atoms with Crippen molar-refractivity contribution in [3.8, 4) is 5.75 Å². The lowest BCUT2D eigenvalue weighted by Crippen LogP contribution is -2.59. The zero-order valence-electron chi connectivity index (χ0n) is 11.2. The van der Waals surface area contributed by atoms with Crippen LogP contribution in [0.1, 0.15) is 43.2 Å². The van der Waals surface area contributed by atoms with Crippen LogP contribution >= 0.6 is 17.0 Å². The van der Waals surface area contributed by atoms with E-state index in [1.165, 1.54) is 43.2 Å². The summed E-state index contributed by atoms with van der Waals surface area (Å²) in [6, 6.07) is 6.78. The summed E-state index contributed by atoms with van der Waals surface area (Å²) < 4.78 is 0. The van der Waals surface area contributed by atoms with E-state index in [0.29, 0.717) is 17.2 Å². The Morgan fingerprint density at radius 1 is 1.21 bits per heavy atom. The summed E-state index contributed by atoms with van der Waals surface area (Å²) >= 11 is 0. The highest BCUT2D eigenvalue weighted by atomic mass is 79.9. The van der Waals surface area contributed by atoms with Crippen molar-refractivity contribution < 1.29 is 5.11 Å². The number of phenols is 1. The average molecular weight is 324 g/mol. The Morgan fingerprint density at radius 3 is 3.00 bits per heavy atom. The first-order chi connectivity index (χ1) is 8.81. The van der Waals surface area contributed by atoms with Gasteiger partial charge in [-0.2, -0.15) is 0 Å². The lowest BCUT2D eigenvalue weighted by molar-refractivity contribution is 0.0789. The first kappa shape index (κ1) is 13.4. The zero-order chi connectivity index (χ0) is 12.2. The van der Waals surface area contributed by atoms with Gasteiger partial charge in [0.2, 0.25) is 0 Å². The van der Waals surface area contributed by atoms with Gasteiger partial charge in [0, 0.05) is 11.5 Å². The molecule has 0 aromatic heterocycles. The van der Waals surface area contributed by atoms with Crippen LogP contribution in [-0.2, 0) is 11.8 Å². The smallest absolute Gasteiger partial charge is 0.119 e. The topological polar surface area (TPSA) is 32.3 Å². The van der Waals surface area contributed by atoms with E-state index >= 15 is 0 Å². The molecule has 0 unspecified atom stereocenters. The van der Waals surface area contributed by atoms with E-state index in [1.807, 2.05) is 12.1 Å². The Kier molecular flexibility index (Phi) is 3.38. The molecule has 2 fully saturated rings. The molecule has 104 valence electrons. The molecule has 1 aromatic carbocycles. The molecule has 1 heterocycles. The van der Waals surface area contributed by atoms with Crippen molar-refractivity contribution in [1.82, 2.24) is 5.32 Å². The molecule has 19 heavy (non-hydrogen) atoms. The Morgan fingerprint density at radius 2 is 2.11 bits per heavy atom. The number of benzene rings is 1. The largest absolute Gasteiger partial charge is 0.508 e. The van der Waals surface area contributed by atoms with Crippen LogP contribution in [0.3, 0.4) is 0 Å². The van der Waals surface area contributed by atoms with E-state index in [4.69, 9.17) is 0 Å². The molecular formula is C16H22BrNO. The van der Waals surface area contributed by atoms with Crippen molar-refractivity contribution in [2.75, 3.05) is 6.54 Å². The monoisotopic (exact) mass is 323 g/mol. The molecular weight excluding hydrogens is 302 g/mol. The minimum absolute atomic E-state index is 0. The normalized spacial score (nSPS) is 35.8. The second kappa shape index (κ2) is 4.78. The van der Waals surface area contributed by atoms with Gasteiger partial charge in [0.1, 0.15) is 5.75 Å². The maximum Gasteiger partial charge on any atom is 0.119 e. The third-order valence-corrected chi connectivity index (χ3v) is 5.67. The molecule has 1 saturated carbocycles. The Bertz CT molecular complexity index is 486. The number of halogens is 1. The first-order valence-corrected chi connectivity index (χ1v) is 7.36. The molecule has 2 N–H and O–H groups in total. The van der Waals surface area contributed by atoms with Gasteiger partial charge in [-0.05, 0) is 55.3 Å². The van der Waals surface area contributed by atoms with Gasteiger partial charge in [-0.3, -0.25) is 0 Å². The van der Waals surface area contributed by atoms with E-state index in [9.17, 15) is 5.11 Å². The van der Waals surface area contributed by atoms with Crippen LogP contribution in [0.5, 0.6) is 5.75 Å². The number of hydrogen-bond acceptors (Lipinski definition) is 2. The van der Waals surface area contributed by atoms with Crippen LogP contribution in [0.4, 0.5) is 0 Å². The predicted molar refractivity (Wildman–Crippen MR) is 82.2 cm³/mol. The quantitative estimate of drug-likeness (QED) is 0.767. The van der Waals surface area contributed by atoms with Gasteiger partial charge in [-0.1, -0.05) is 25.0 Å². The van der Waals surface area contributed by atoms with Crippen molar-refractivity contribution >= 4 is 17.0 Å². The third kappa shape index (κ3) is 1.78. The highest BCUT2D eigenvalue weighted by Gasteiger charge is 2.51. The number of aromatic hydroxyl groups is 1. The zero-order valence-corrected chi connectivity index (χ0v) is 12.9. The molecule has 2 bridgehead atoms. The first-order valence-electron chi connectivity index (χ1n) is 7.36. The number of fused-ring (bicyclic) bond motifs is 1. The van der Waals surface area contributed by atoms with Crippen LogP contribution < -0.4 is 5.32 Å². The highest BCUT2D eigenvalue weighted by molar-refractivity contribution is 8.93. The van der Waals surface area contributed by atoms with Gasteiger partial charge in [-0.25, -0.2) is 0 Å². The van der Waals surface area contributed by atoms with Gasteiger partial charge in [0.05, 0.1) is 0 Å². The van der Waals surface area contributed by atoms with Crippen LogP contribution in [0, 0.1) is 5.92 Å². The SMILES string of the molecule is Br.Oc1cccc2c1C[C@H]1NCC[C@@]23CCCC[C@@H]13. The fourth-order valence-corrected chi connectivity index (χ4v) is 4.95. The van der Waals surface area contributed by atoms with Crippen LogP contribution in [0.15, 0.2) is 18.2 Å². The van der Waals surface area contributed by atoms with E-state index in [1.54, 1.807) is 0 Å². The van der Waals surface area contributed by atoms with Crippen molar-refractivity contribution in [2.45, 2.75) is 50.0 Å². The van der Waals surface area contributed by atoms with E-state index in [-0.39, 0.29) is 17.0 Å². The fourth-order valence-electron chi connectivity index (χ4n) is 4.95. The fraction of sp³-hybridized carbons (Fsp3) is 0.625. The summed E-state index contributed by atoms with van der Waals surface area (Å²) in [6.07, 6.45) is 7.72. The molecule has 2 aliphatic carbocycles. The second-order valence-corrected chi connectivity index (χ2v) is 6.33. The van der Waals surface area contributed by atoms with Gasteiger partial charge in [-0.15, -0.1) is 17.0 Å². The summed E-state index contributed by atoms with van der Waals surface area (Å²) in [6.45, 7) is 1.15. The Hall–Kier alpha value is -0.540. The second-order valence-electron chi connectivity index (χ2n) is 6.33. The molecule has 1 aromatic rings. The van der Waals surface area contributed by atoms with Crippen molar-refractivity contribution in [3.63, 3.8) is 0 Å². The van der Waals surface area contributed by atoms with Crippen LogP contribution in [-0.4, -0.2) is 17.7 Å². The highest BCUT2D eigenvalue weighted by Crippen LogP contribution is 2.54. The number of piperidine rings is 1. The molecule has 3 heteroatoms. The lowest BCUT2D eigenvalue weighted by Gasteiger charge is -2.56. The van der Waals surface area contributed by atoms with Crippen molar-refractivity contribution in [2.24, 2.45) is 5.92 Å². The Balaban J connectivity index is 0.00000110. The average Bonchev–Trinajstić information content (AvgIpc) is 2.40. The number of nitrogens with one attached hydrogen (secondary N) is 1. The summed E-state index contributed by atoms with van der Waals surface area (Å²) in [7, 11) is 0. The van der Waals surface area contributed by atoms with Gasteiger partial charge in [0.25, 0.3) is 0 Å². The minimum Gasteiger partial charge on any atom is -0.508 e. The molecule has 1 aliphatic heterocycles. The van der Waals surface area contributed by atoms with Crippen LogP contribution in [0.25, 0.3) is 0 Å². The molecule has 4 rings (SSSR count). The molecule has 3 atom stereocenters. The Labute approximate surface area is 125 Å². The van der Waals surface area contributed by atoms with E-state index < -0.39 is 0 Å². The summed E-state index contributed by atoms with van der Waals surface area (Å²) in [5, 5.41) is 13.9. The molecule has 0 spiro atoms. The summed E-state index contributed by atoms with van der Waals surface area (Å²) in [5.41, 5.74) is 3.08. The molecule has 1 saturated heterocycles. The van der Waals surface area contributed by atoms with Gasteiger partial charge < -0.3 is 10.4 Å². The molecule has 0 radical (unpaired) electrons. The van der Waals surface area contributed by atoms with E-state index in [2.05, 4.69) is 11.4 Å². The van der Waals surface area contributed by atoms with Crippen molar-refractivity contribution in [3.05, 3.63) is 29.3 Å². The number of hydrogen-bond donors (Lipinski definition) is 2. The maximum atomic E-state index is 10.2. The number of rotatable bonds is 0. The van der Waals surface area contributed by atoms with Crippen molar-refractivity contribution in [1.29, 1.82) is 0 Å². The molecule has 3 aliphatic rings. The summed E-state index contributed by atoms with van der Waals surface area (Å²) in [4.78, 5) is 0. The molecule has 0 amide bonds. The maximum absolute atomic E-state index is 10.2. The van der Waals surface area contributed by atoms with Crippen LogP contribution in [0.2, 0.25) is 0 Å². The lowest BCUT2D eigenvalue weighted by atomic mass is 9.53. The number of phenolic OH excluding ortho intramolecular Hbond substituents is 1. The summed E-state index contributed by atoms with van der Waals surface area (Å²) in [5.74, 6) is 1.32. The van der Waals surface area contributed by atoms with E-state index in [0.717, 1.165) is 18.9 Å². The third-order valence-electron chi connectivity index (χ3n) is 5.67. The van der Waals surface area contributed by atoms with Gasteiger partial charge in [0.15, 0.2) is 0 Å². The predicted octanol–water partition coefficient (Wildman–Crippen LogP) is 3.32.